The first-order valence-electron chi connectivity index (χ1n) is 9.80. The van der Waals surface area contributed by atoms with Crippen LogP contribution < -0.4 is 9.47 Å². The summed E-state index contributed by atoms with van der Waals surface area (Å²) in [6.45, 7) is 8.23. The summed E-state index contributed by atoms with van der Waals surface area (Å²) >= 11 is 0. The van der Waals surface area contributed by atoms with Gasteiger partial charge < -0.3 is 9.47 Å². The van der Waals surface area contributed by atoms with Crippen LogP contribution in [-0.4, -0.2) is 11.4 Å². The van der Waals surface area contributed by atoms with Gasteiger partial charge >= 0.3 is 0 Å². The van der Waals surface area contributed by atoms with Crippen LogP contribution in [0.4, 0.5) is 0 Å². The summed E-state index contributed by atoms with van der Waals surface area (Å²) in [6, 6.07) is 11.9. The Bertz CT molecular complexity index is 977. The van der Waals surface area contributed by atoms with Gasteiger partial charge in [0.15, 0.2) is 5.78 Å². The van der Waals surface area contributed by atoms with Gasteiger partial charge in [0.05, 0.1) is 17.5 Å². The number of rotatable bonds is 3. The predicted molar refractivity (Wildman–Crippen MR) is 112 cm³/mol. The first-order chi connectivity index (χ1) is 13.3. The van der Waals surface area contributed by atoms with Crippen LogP contribution >= 0.6 is 0 Å². The molecule has 28 heavy (non-hydrogen) atoms. The smallest absolute Gasteiger partial charge is 0.170 e. The molecule has 144 valence electrons. The fraction of sp³-hybridized carbons (Fsp3) is 0.320. The highest BCUT2D eigenvalue weighted by Crippen LogP contribution is 2.46. The largest absolute Gasteiger partial charge is 0.484 e. The van der Waals surface area contributed by atoms with Gasteiger partial charge in [0.2, 0.25) is 0 Å². The molecule has 0 amide bonds. The minimum atomic E-state index is -0.390. The van der Waals surface area contributed by atoms with Gasteiger partial charge in [0, 0.05) is 0 Å². The lowest BCUT2D eigenvalue weighted by atomic mass is 9.89. The Labute approximate surface area is 166 Å². The Kier molecular flexibility index (Phi) is 4.62. The van der Waals surface area contributed by atoms with Crippen molar-refractivity contribution in [2.24, 2.45) is 0 Å². The molecule has 0 N–H and O–H groups in total. The highest BCUT2D eigenvalue weighted by Gasteiger charge is 2.34. The molecule has 2 aromatic carbocycles. The summed E-state index contributed by atoms with van der Waals surface area (Å²) in [4.78, 5) is 13.0. The third kappa shape index (κ3) is 3.49. The minimum absolute atomic E-state index is 0.120. The average Bonchev–Trinajstić information content (AvgIpc) is 2.66. The van der Waals surface area contributed by atoms with E-state index in [0.717, 1.165) is 28.9 Å². The predicted octanol–water partition coefficient (Wildman–Crippen LogP) is 6.09. The van der Waals surface area contributed by atoms with Gasteiger partial charge in [-0.15, -0.1) is 0 Å². The molecule has 0 fully saturated rings. The van der Waals surface area contributed by atoms with Crippen LogP contribution in [0.3, 0.4) is 0 Å². The van der Waals surface area contributed by atoms with Crippen molar-refractivity contribution >= 4 is 11.9 Å². The molecule has 3 heteroatoms. The number of carbonyl (C=O) groups is 1. The first kappa shape index (κ1) is 18.5. The zero-order valence-corrected chi connectivity index (χ0v) is 16.9. The van der Waals surface area contributed by atoms with Gasteiger partial charge in [-0.05, 0) is 63.5 Å². The summed E-state index contributed by atoms with van der Waals surface area (Å²) in [7, 11) is 0. The molecule has 2 aliphatic heterocycles. The number of ether oxygens (including phenoxy) is 2. The molecule has 2 aliphatic rings. The Morgan fingerprint density at radius 3 is 2.64 bits per heavy atom. The minimum Gasteiger partial charge on any atom is -0.484 e. The molecule has 0 spiro atoms. The Morgan fingerprint density at radius 2 is 1.93 bits per heavy atom. The molecule has 2 aromatic rings. The average molecular weight is 374 g/mol. The summed E-state index contributed by atoms with van der Waals surface area (Å²) in [5.41, 5.74) is 4.44. The molecular weight excluding hydrogens is 348 g/mol. The molecule has 1 atom stereocenters. The summed E-state index contributed by atoms with van der Waals surface area (Å²) in [5.74, 6) is 1.59. The number of fused-ring (bicyclic) bond motifs is 3. The molecular formula is C25H26O3. The highest BCUT2D eigenvalue weighted by molar-refractivity contribution is 6.02. The topological polar surface area (TPSA) is 35.5 Å². The summed E-state index contributed by atoms with van der Waals surface area (Å²) in [5, 5.41) is 0. The number of carbonyl (C=O) groups excluding carboxylic acids is 1. The molecule has 0 saturated carbocycles. The lowest BCUT2D eigenvalue weighted by molar-refractivity contribution is 0.0846. The monoisotopic (exact) mass is 374 g/mol. The standard InChI is InChI=1S/C25H26O3/c1-16(2)10-11-18-14-20-21(26)15-22(17-8-6-5-7-9-17)27-24(20)19-12-13-25(3,4)28-23(18)19/h5-10,12-14,22H,11,15H2,1-4H3/t22-/m0/s1. The molecule has 0 aromatic heterocycles. The van der Waals surface area contributed by atoms with Crippen molar-refractivity contribution in [3.05, 3.63) is 76.4 Å². The van der Waals surface area contributed by atoms with Crippen molar-refractivity contribution in [3.8, 4) is 11.5 Å². The Morgan fingerprint density at radius 1 is 1.18 bits per heavy atom. The van der Waals surface area contributed by atoms with Gasteiger partial charge in [-0.3, -0.25) is 4.79 Å². The highest BCUT2D eigenvalue weighted by atomic mass is 16.5. The Hall–Kier alpha value is -2.81. The SMILES string of the molecule is CC(C)=CCc1cc2c(c3c1OC(C)(C)C=C3)O[C@H](c1ccccc1)CC2=O. The second kappa shape index (κ2) is 6.97. The van der Waals surface area contributed by atoms with Crippen LogP contribution in [0.25, 0.3) is 6.08 Å². The number of allylic oxidation sites excluding steroid dienone is 2. The maximum atomic E-state index is 13.0. The molecule has 3 nitrogen and oxygen atoms in total. The van der Waals surface area contributed by atoms with E-state index in [1.165, 1.54) is 5.57 Å². The van der Waals surface area contributed by atoms with Crippen LogP contribution in [0.1, 0.15) is 67.3 Å². The molecule has 0 radical (unpaired) electrons. The molecule has 4 rings (SSSR count). The molecule has 0 aliphatic carbocycles. The number of benzene rings is 2. The van der Waals surface area contributed by atoms with E-state index >= 15 is 0 Å². The fourth-order valence-corrected chi connectivity index (χ4v) is 3.70. The van der Waals surface area contributed by atoms with E-state index in [9.17, 15) is 4.79 Å². The number of hydrogen-bond acceptors (Lipinski definition) is 3. The van der Waals surface area contributed by atoms with E-state index in [4.69, 9.17) is 9.47 Å². The zero-order valence-electron chi connectivity index (χ0n) is 16.9. The lowest BCUT2D eigenvalue weighted by Crippen LogP contribution is -2.29. The quantitative estimate of drug-likeness (QED) is 0.610. The summed E-state index contributed by atoms with van der Waals surface area (Å²) in [6.07, 6.45) is 7.06. The zero-order chi connectivity index (χ0) is 19.9. The maximum Gasteiger partial charge on any atom is 0.170 e. The third-order valence-electron chi connectivity index (χ3n) is 5.19. The van der Waals surface area contributed by atoms with E-state index < -0.39 is 5.60 Å². The van der Waals surface area contributed by atoms with Crippen LogP contribution in [0.5, 0.6) is 11.5 Å². The van der Waals surface area contributed by atoms with Gasteiger partial charge in [0.25, 0.3) is 0 Å². The lowest BCUT2D eigenvalue weighted by Gasteiger charge is -2.34. The van der Waals surface area contributed by atoms with Crippen molar-refractivity contribution in [2.75, 3.05) is 0 Å². The van der Waals surface area contributed by atoms with Gasteiger partial charge in [-0.1, -0.05) is 42.0 Å². The number of hydrogen-bond donors (Lipinski definition) is 0. The number of Topliss-reactive ketones (excluding diaryl/α,β-unsaturated/α-hetero) is 1. The second-order valence-electron chi connectivity index (χ2n) is 8.32. The summed E-state index contributed by atoms with van der Waals surface area (Å²) < 4.78 is 12.7. The van der Waals surface area contributed by atoms with E-state index in [1.54, 1.807) is 0 Å². The Balaban J connectivity index is 1.83. The van der Waals surface area contributed by atoms with E-state index in [2.05, 4.69) is 19.9 Å². The number of ketones is 1. The molecule has 0 saturated heterocycles. The van der Waals surface area contributed by atoms with Crippen LogP contribution in [0, 0.1) is 0 Å². The van der Waals surface area contributed by atoms with Crippen molar-refractivity contribution < 1.29 is 14.3 Å². The second-order valence-corrected chi connectivity index (χ2v) is 8.32. The van der Waals surface area contributed by atoms with Gasteiger partial charge in [0.1, 0.15) is 23.2 Å². The van der Waals surface area contributed by atoms with Crippen molar-refractivity contribution in [2.45, 2.75) is 52.2 Å². The molecule has 0 bridgehead atoms. The van der Waals surface area contributed by atoms with E-state index in [0.29, 0.717) is 17.7 Å². The van der Waals surface area contributed by atoms with Crippen molar-refractivity contribution in [3.63, 3.8) is 0 Å². The maximum absolute atomic E-state index is 13.0. The van der Waals surface area contributed by atoms with E-state index in [1.807, 2.05) is 62.4 Å². The molecule has 2 heterocycles. The van der Waals surface area contributed by atoms with Crippen LogP contribution in [-0.2, 0) is 6.42 Å². The van der Waals surface area contributed by atoms with E-state index in [-0.39, 0.29) is 11.9 Å². The fourth-order valence-electron chi connectivity index (χ4n) is 3.70. The first-order valence-corrected chi connectivity index (χ1v) is 9.80. The van der Waals surface area contributed by atoms with Gasteiger partial charge in [-0.25, -0.2) is 0 Å². The molecule has 0 unspecified atom stereocenters. The normalized spacial score (nSPS) is 19.1. The van der Waals surface area contributed by atoms with Crippen molar-refractivity contribution in [1.29, 1.82) is 0 Å². The van der Waals surface area contributed by atoms with Crippen LogP contribution in [0.15, 0.2) is 54.1 Å². The van der Waals surface area contributed by atoms with Crippen LogP contribution in [0.2, 0.25) is 0 Å². The van der Waals surface area contributed by atoms with Crippen molar-refractivity contribution in [1.82, 2.24) is 0 Å². The van der Waals surface area contributed by atoms with Gasteiger partial charge in [-0.2, -0.15) is 0 Å². The third-order valence-corrected chi connectivity index (χ3v) is 5.19.